The number of morpholine rings is 1. The molecule has 2 fully saturated rings. The van der Waals surface area contributed by atoms with E-state index >= 15 is 0 Å². The molecule has 0 radical (unpaired) electrons. The van der Waals surface area contributed by atoms with Crippen molar-refractivity contribution in [1.82, 2.24) is 14.5 Å². The van der Waals surface area contributed by atoms with Crippen LogP contribution in [-0.4, -0.2) is 81.6 Å². The fourth-order valence-corrected chi connectivity index (χ4v) is 6.74. The van der Waals surface area contributed by atoms with Gasteiger partial charge in [-0.2, -0.15) is 4.31 Å². The molecule has 2 amide bonds. The Hall–Kier alpha value is -3.48. The van der Waals surface area contributed by atoms with Crippen molar-refractivity contribution in [1.29, 1.82) is 0 Å². The Morgan fingerprint density at radius 3 is 2.34 bits per heavy atom. The third kappa shape index (κ3) is 8.16. The summed E-state index contributed by atoms with van der Waals surface area (Å²) in [5, 5.41) is 3.54. The first-order valence-corrected chi connectivity index (χ1v) is 16.4. The first kappa shape index (κ1) is 31.9. The van der Waals surface area contributed by atoms with Crippen molar-refractivity contribution in [2.75, 3.05) is 46.1 Å². The third-order valence-corrected chi connectivity index (χ3v) is 9.75. The first-order valence-electron chi connectivity index (χ1n) is 14.6. The van der Waals surface area contributed by atoms with E-state index < -0.39 is 22.0 Å². The summed E-state index contributed by atoms with van der Waals surface area (Å²) < 4.78 is 44.1. The number of halogens is 1. The van der Waals surface area contributed by atoms with E-state index in [1.807, 2.05) is 42.5 Å². The van der Waals surface area contributed by atoms with Gasteiger partial charge in [-0.25, -0.2) is 8.42 Å². The van der Waals surface area contributed by atoms with Crippen molar-refractivity contribution in [3.05, 3.63) is 95.0 Å². The highest BCUT2D eigenvalue weighted by Gasteiger charge is 2.33. The summed E-state index contributed by atoms with van der Waals surface area (Å²) in [6.07, 6.45) is 1.75. The van der Waals surface area contributed by atoms with Gasteiger partial charge in [-0.05, 0) is 60.4 Å². The van der Waals surface area contributed by atoms with Gasteiger partial charge in [0.2, 0.25) is 15.9 Å². The zero-order valence-electron chi connectivity index (χ0n) is 24.3. The van der Waals surface area contributed by atoms with E-state index in [4.69, 9.17) is 25.8 Å². The summed E-state index contributed by atoms with van der Waals surface area (Å²) in [6, 6.07) is 21.2. The molecule has 0 aromatic heterocycles. The van der Waals surface area contributed by atoms with E-state index in [0.717, 1.165) is 18.4 Å². The summed E-state index contributed by atoms with van der Waals surface area (Å²) >= 11 is 6.10. The van der Waals surface area contributed by atoms with Crippen LogP contribution in [0.25, 0.3) is 0 Å². The normalized spacial score (nSPS) is 18.0. The number of nitrogens with zero attached hydrogens (tertiary/aromatic N) is 2. The van der Waals surface area contributed by atoms with Crippen LogP contribution in [0.1, 0.15) is 30.0 Å². The number of hydrogen-bond donors (Lipinski definition) is 1. The molecule has 44 heavy (non-hydrogen) atoms. The zero-order chi connectivity index (χ0) is 30.9. The van der Waals surface area contributed by atoms with Gasteiger partial charge in [0.15, 0.2) is 6.61 Å². The Balaban J connectivity index is 1.34. The molecule has 0 spiro atoms. The van der Waals surface area contributed by atoms with E-state index in [0.29, 0.717) is 55.8 Å². The van der Waals surface area contributed by atoms with Gasteiger partial charge in [0.1, 0.15) is 11.8 Å². The smallest absolute Gasteiger partial charge is 0.261 e. The highest BCUT2D eigenvalue weighted by atomic mass is 35.5. The molecule has 3 aromatic carbocycles. The first-order chi connectivity index (χ1) is 21.3. The standard InChI is InChI=1S/C32H36ClN3O7S/c33-26-10-8-24(9-11-26)22-36(31(25-5-2-1-3-6-25)32(38)34-21-28-7-4-18-42-28)30(37)23-43-27-12-14-29(15-13-27)44(39,40)35-16-19-41-20-17-35/h1-3,5-6,8-15,28,31H,4,7,16-23H2,(H,34,38)/t28-,31-/m1/s1. The number of rotatable bonds is 12. The second-order valence-corrected chi connectivity index (χ2v) is 13.0. The molecule has 0 bridgehead atoms. The minimum absolute atomic E-state index is 0.0610. The van der Waals surface area contributed by atoms with E-state index in [9.17, 15) is 18.0 Å². The Labute approximate surface area is 262 Å². The molecule has 2 aliphatic rings. The number of amides is 2. The van der Waals surface area contributed by atoms with Gasteiger partial charge >= 0.3 is 0 Å². The predicted octanol–water partition coefficient (Wildman–Crippen LogP) is 3.81. The van der Waals surface area contributed by atoms with Crippen LogP contribution in [0.2, 0.25) is 5.02 Å². The van der Waals surface area contributed by atoms with Crippen LogP contribution in [-0.2, 0) is 35.6 Å². The maximum Gasteiger partial charge on any atom is 0.261 e. The monoisotopic (exact) mass is 641 g/mol. The van der Waals surface area contributed by atoms with Crippen LogP contribution in [0.3, 0.4) is 0 Å². The van der Waals surface area contributed by atoms with Crippen molar-refractivity contribution >= 4 is 33.4 Å². The van der Waals surface area contributed by atoms with Crippen LogP contribution in [0.4, 0.5) is 0 Å². The van der Waals surface area contributed by atoms with E-state index in [1.165, 1.54) is 33.5 Å². The maximum atomic E-state index is 13.9. The van der Waals surface area contributed by atoms with Crippen LogP contribution >= 0.6 is 11.6 Å². The fraction of sp³-hybridized carbons (Fsp3) is 0.375. The van der Waals surface area contributed by atoms with Crippen LogP contribution in [0, 0.1) is 0 Å². The molecule has 0 aliphatic carbocycles. The largest absolute Gasteiger partial charge is 0.484 e. The lowest BCUT2D eigenvalue weighted by Crippen LogP contribution is -2.46. The summed E-state index contributed by atoms with van der Waals surface area (Å²) in [5.74, 6) is -0.428. The van der Waals surface area contributed by atoms with E-state index in [1.54, 1.807) is 12.1 Å². The molecule has 10 nitrogen and oxygen atoms in total. The molecule has 2 heterocycles. The van der Waals surface area contributed by atoms with Crippen molar-refractivity contribution in [2.24, 2.45) is 0 Å². The molecule has 5 rings (SSSR count). The van der Waals surface area contributed by atoms with Crippen LogP contribution < -0.4 is 10.1 Å². The van der Waals surface area contributed by atoms with Crippen molar-refractivity contribution < 1.29 is 32.2 Å². The van der Waals surface area contributed by atoms with Crippen LogP contribution in [0.15, 0.2) is 83.8 Å². The van der Waals surface area contributed by atoms with Crippen molar-refractivity contribution in [2.45, 2.75) is 36.4 Å². The maximum absolute atomic E-state index is 13.9. The zero-order valence-corrected chi connectivity index (χ0v) is 25.8. The molecule has 2 aliphatic heterocycles. The van der Waals surface area contributed by atoms with Gasteiger partial charge < -0.3 is 24.4 Å². The molecule has 2 saturated heterocycles. The number of ether oxygens (including phenoxy) is 3. The number of hydrogen-bond acceptors (Lipinski definition) is 7. The van der Waals surface area contributed by atoms with Gasteiger partial charge in [0, 0.05) is 37.8 Å². The Bertz CT molecular complexity index is 1490. The number of carbonyl (C=O) groups excluding carboxylic acids is 2. The predicted molar refractivity (Wildman–Crippen MR) is 165 cm³/mol. The number of benzene rings is 3. The van der Waals surface area contributed by atoms with Gasteiger partial charge in [0.25, 0.3) is 5.91 Å². The van der Waals surface area contributed by atoms with Crippen molar-refractivity contribution in [3.8, 4) is 5.75 Å². The van der Waals surface area contributed by atoms with Crippen molar-refractivity contribution in [3.63, 3.8) is 0 Å². The number of nitrogens with one attached hydrogen (secondary N) is 1. The van der Waals surface area contributed by atoms with Gasteiger partial charge in [-0.1, -0.05) is 54.1 Å². The lowest BCUT2D eigenvalue weighted by molar-refractivity contribution is -0.143. The molecule has 0 saturated carbocycles. The Morgan fingerprint density at radius 2 is 1.68 bits per heavy atom. The minimum atomic E-state index is -3.66. The highest BCUT2D eigenvalue weighted by Crippen LogP contribution is 2.26. The SMILES string of the molecule is O=C(NC[C@H]1CCCO1)[C@@H](c1ccccc1)N(Cc1ccc(Cl)cc1)C(=O)COc1ccc(S(=O)(=O)N2CCOCC2)cc1. The molecule has 2 atom stereocenters. The lowest BCUT2D eigenvalue weighted by Gasteiger charge is -2.32. The molecule has 12 heteroatoms. The van der Waals surface area contributed by atoms with Crippen LogP contribution in [0.5, 0.6) is 5.75 Å². The van der Waals surface area contributed by atoms with Gasteiger partial charge in [-0.15, -0.1) is 0 Å². The second kappa shape index (κ2) is 15.0. The molecule has 1 N–H and O–H groups in total. The number of carbonyl (C=O) groups is 2. The van der Waals surface area contributed by atoms with Gasteiger partial charge in [0.05, 0.1) is 24.2 Å². The topological polar surface area (TPSA) is 114 Å². The quantitative estimate of drug-likeness (QED) is 0.320. The summed E-state index contributed by atoms with van der Waals surface area (Å²) in [4.78, 5) is 29.2. The number of sulfonamides is 1. The average Bonchev–Trinajstić information content (AvgIpc) is 3.58. The van der Waals surface area contributed by atoms with E-state index in [2.05, 4.69) is 5.32 Å². The van der Waals surface area contributed by atoms with Gasteiger partial charge in [-0.3, -0.25) is 9.59 Å². The molecular weight excluding hydrogens is 606 g/mol. The third-order valence-electron chi connectivity index (χ3n) is 7.58. The summed E-state index contributed by atoms with van der Waals surface area (Å²) in [6.45, 7) is 2.07. The molecule has 3 aromatic rings. The molecular formula is C32H36ClN3O7S. The van der Waals surface area contributed by atoms with E-state index in [-0.39, 0.29) is 30.1 Å². The average molecular weight is 642 g/mol. The summed E-state index contributed by atoms with van der Waals surface area (Å²) in [7, 11) is -3.66. The summed E-state index contributed by atoms with van der Waals surface area (Å²) in [5.41, 5.74) is 1.44. The Kier molecular flexibility index (Phi) is 10.9. The highest BCUT2D eigenvalue weighted by molar-refractivity contribution is 7.89. The fourth-order valence-electron chi connectivity index (χ4n) is 5.21. The minimum Gasteiger partial charge on any atom is -0.484 e. The lowest BCUT2D eigenvalue weighted by atomic mass is 10.0. The second-order valence-electron chi connectivity index (χ2n) is 10.6. The molecule has 0 unspecified atom stereocenters. The molecule has 234 valence electrons. The Morgan fingerprint density at radius 1 is 0.977 bits per heavy atom.